The summed E-state index contributed by atoms with van der Waals surface area (Å²) in [6.07, 6.45) is 5.31. The topological polar surface area (TPSA) is 72.9 Å². The number of imidazole rings is 1. The van der Waals surface area contributed by atoms with Crippen molar-refractivity contribution in [3.8, 4) is 0 Å². The first-order chi connectivity index (χ1) is 10.1. The molecule has 21 heavy (non-hydrogen) atoms. The number of thiophene rings is 1. The number of benzene rings is 1. The molecule has 6 heteroatoms. The summed E-state index contributed by atoms with van der Waals surface area (Å²) in [7, 11) is 0. The summed E-state index contributed by atoms with van der Waals surface area (Å²) >= 11 is 1.44. The molecule has 3 rings (SSSR count). The van der Waals surface area contributed by atoms with Crippen molar-refractivity contribution >= 4 is 33.0 Å². The van der Waals surface area contributed by atoms with Gasteiger partial charge in [-0.3, -0.25) is 4.79 Å². The number of nitrogens with one attached hydrogen (secondary N) is 1. The minimum absolute atomic E-state index is 0.119. The monoisotopic (exact) mass is 300 g/mol. The third-order valence-corrected chi connectivity index (χ3v) is 4.47. The summed E-state index contributed by atoms with van der Waals surface area (Å²) in [6, 6.07) is 6.03. The Bertz CT molecular complexity index is 776. The second-order valence-corrected chi connectivity index (χ2v) is 5.95. The first-order valence-electron chi connectivity index (χ1n) is 6.67. The van der Waals surface area contributed by atoms with Gasteiger partial charge in [0, 0.05) is 35.6 Å². The fourth-order valence-corrected chi connectivity index (χ4v) is 3.33. The molecule has 2 aromatic heterocycles. The van der Waals surface area contributed by atoms with E-state index in [0.29, 0.717) is 23.7 Å². The van der Waals surface area contributed by atoms with Crippen molar-refractivity contribution in [1.29, 1.82) is 0 Å². The van der Waals surface area contributed by atoms with Crippen molar-refractivity contribution in [2.75, 3.05) is 12.3 Å². The number of nitrogens with two attached hydrogens (primary N) is 1. The van der Waals surface area contributed by atoms with Gasteiger partial charge in [-0.2, -0.15) is 0 Å². The zero-order valence-corrected chi connectivity index (χ0v) is 12.5. The van der Waals surface area contributed by atoms with E-state index < -0.39 is 0 Å². The highest BCUT2D eigenvalue weighted by Gasteiger charge is 2.15. The Kier molecular flexibility index (Phi) is 3.62. The van der Waals surface area contributed by atoms with Crippen LogP contribution in [0.15, 0.2) is 36.9 Å². The molecule has 3 N–H and O–H groups in total. The van der Waals surface area contributed by atoms with Crippen molar-refractivity contribution in [2.45, 2.75) is 13.5 Å². The Balaban J connectivity index is 1.73. The van der Waals surface area contributed by atoms with Crippen molar-refractivity contribution in [3.05, 3.63) is 47.4 Å². The number of amides is 1. The van der Waals surface area contributed by atoms with E-state index in [-0.39, 0.29) is 5.91 Å². The molecule has 5 nitrogen and oxygen atoms in total. The highest BCUT2D eigenvalue weighted by molar-refractivity contribution is 7.21. The zero-order chi connectivity index (χ0) is 14.8. The van der Waals surface area contributed by atoms with Gasteiger partial charge < -0.3 is 15.6 Å². The van der Waals surface area contributed by atoms with E-state index in [1.54, 1.807) is 12.5 Å². The smallest absolute Gasteiger partial charge is 0.263 e. The van der Waals surface area contributed by atoms with Crippen molar-refractivity contribution in [2.24, 2.45) is 0 Å². The van der Waals surface area contributed by atoms with Gasteiger partial charge in [0.15, 0.2) is 0 Å². The van der Waals surface area contributed by atoms with E-state index in [0.717, 1.165) is 15.6 Å². The Hall–Kier alpha value is -2.34. The van der Waals surface area contributed by atoms with E-state index in [4.69, 9.17) is 5.73 Å². The van der Waals surface area contributed by atoms with Gasteiger partial charge in [0.05, 0.1) is 12.0 Å². The van der Waals surface area contributed by atoms with Crippen LogP contribution in [0, 0.1) is 6.92 Å². The lowest BCUT2D eigenvalue weighted by Gasteiger charge is -2.05. The number of aromatic nitrogens is 2. The van der Waals surface area contributed by atoms with Crippen LogP contribution in [-0.2, 0) is 6.54 Å². The standard InChI is InChI=1S/C15H16N4OS/c1-10-2-3-11-12(8-10)21-14(13(11)16)15(20)18-5-7-19-6-4-17-9-19/h2-4,6,8-9H,5,7,16H2,1H3,(H,18,20). The fourth-order valence-electron chi connectivity index (χ4n) is 2.19. The van der Waals surface area contributed by atoms with Crippen LogP contribution in [0.5, 0.6) is 0 Å². The highest BCUT2D eigenvalue weighted by atomic mass is 32.1. The fraction of sp³-hybridized carbons (Fsp3) is 0.200. The summed E-state index contributed by atoms with van der Waals surface area (Å²) in [4.78, 5) is 16.8. The van der Waals surface area contributed by atoms with Crippen LogP contribution in [0.25, 0.3) is 10.1 Å². The molecular formula is C15H16N4OS. The van der Waals surface area contributed by atoms with E-state index in [1.165, 1.54) is 11.3 Å². The number of aryl methyl sites for hydroxylation is 1. The van der Waals surface area contributed by atoms with Crippen LogP contribution in [0.4, 0.5) is 5.69 Å². The molecule has 0 aliphatic carbocycles. The summed E-state index contributed by atoms with van der Waals surface area (Å²) in [5, 5.41) is 3.85. The van der Waals surface area contributed by atoms with Gasteiger partial charge in [-0.05, 0) is 18.6 Å². The molecule has 0 aliphatic rings. The Morgan fingerprint density at radius 1 is 1.48 bits per heavy atom. The molecule has 1 amide bonds. The van der Waals surface area contributed by atoms with E-state index in [1.807, 2.05) is 29.8 Å². The highest BCUT2D eigenvalue weighted by Crippen LogP contribution is 2.33. The maximum absolute atomic E-state index is 12.2. The van der Waals surface area contributed by atoms with Gasteiger partial charge in [-0.1, -0.05) is 12.1 Å². The number of nitrogens with zero attached hydrogens (tertiary/aromatic N) is 2. The molecule has 2 heterocycles. The van der Waals surface area contributed by atoms with Crippen molar-refractivity contribution in [1.82, 2.24) is 14.9 Å². The molecule has 0 saturated heterocycles. The average Bonchev–Trinajstić information content (AvgIpc) is 3.07. The number of rotatable bonds is 4. The number of anilines is 1. The molecule has 0 bridgehead atoms. The molecule has 0 fully saturated rings. The molecule has 108 valence electrons. The SMILES string of the molecule is Cc1ccc2c(N)c(C(=O)NCCn3ccnc3)sc2c1. The number of carbonyl (C=O) groups excluding carboxylic acids is 1. The third kappa shape index (κ3) is 2.75. The summed E-state index contributed by atoms with van der Waals surface area (Å²) in [5.41, 5.74) is 7.82. The van der Waals surface area contributed by atoms with Crippen LogP contribution in [0.2, 0.25) is 0 Å². The average molecular weight is 300 g/mol. The van der Waals surface area contributed by atoms with Crippen LogP contribution in [-0.4, -0.2) is 22.0 Å². The largest absolute Gasteiger partial charge is 0.397 e. The first kappa shape index (κ1) is 13.6. The van der Waals surface area contributed by atoms with Gasteiger partial charge >= 0.3 is 0 Å². The summed E-state index contributed by atoms with van der Waals surface area (Å²) < 4.78 is 2.96. The molecule has 0 atom stereocenters. The molecule has 0 aliphatic heterocycles. The normalized spacial score (nSPS) is 10.9. The van der Waals surface area contributed by atoms with Gasteiger partial charge in [0.1, 0.15) is 4.88 Å². The van der Waals surface area contributed by atoms with Crippen LogP contribution in [0.3, 0.4) is 0 Å². The zero-order valence-electron chi connectivity index (χ0n) is 11.7. The molecule has 0 radical (unpaired) electrons. The predicted molar refractivity (Wildman–Crippen MR) is 85.5 cm³/mol. The van der Waals surface area contributed by atoms with Gasteiger partial charge in [-0.15, -0.1) is 11.3 Å². The molecule has 3 aromatic rings. The number of hydrogen-bond acceptors (Lipinski definition) is 4. The first-order valence-corrected chi connectivity index (χ1v) is 7.49. The predicted octanol–water partition coefficient (Wildman–Crippen LogP) is 2.42. The third-order valence-electron chi connectivity index (χ3n) is 3.30. The molecular weight excluding hydrogens is 284 g/mol. The molecule has 0 unspecified atom stereocenters. The quantitative estimate of drug-likeness (QED) is 0.777. The van der Waals surface area contributed by atoms with Gasteiger partial charge in [0.25, 0.3) is 5.91 Å². The minimum Gasteiger partial charge on any atom is -0.397 e. The number of fused-ring (bicyclic) bond motifs is 1. The maximum Gasteiger partial charge on any atom is 0.263 e. The number of carbonyl (C=O) groups is 1. The summed E-state index contributed by atoms with van der Waals surface area (Å²) in [5.74, 6) is -0.119. The van der Waals surface area contributed by atoms with Crippen molar-refractivity contribution < 1.29 is 4.79 Å². The lowest BCUT2D eigenvalue weighted by molar-refractivity contribution is 0.0957. The number of hydrogen-bond donors (Lipinski definition) is 2. The second-order valence-electron chi connectivity index (χ2n) is 4.90. The van der Waals surface area contributed by atoms with E-state index >= 15 is 0 Å². The maximum atomic E-state index is 12.2. The lowest BCUT2D eigenvalue weighted by Crippen LogP contribution is -2.26. The molecule has 1 aromatic carbocycles. The Morgan fingerprint density at radius 3 is 3.10 bits per heavy atom. The van der Waals surface area contributed by atoms with E-state index in [9.17, 15) is 4.79 Å². The van der Waals surface area contributed by atoms with Gasteiger partial charge in [0.2, 0.25) is 0 Å². The molecule has 0 spiro atoms. The van der Waals surface area contributed by atoms with E-state index in [2.05, 4.69) is 16.4 Å². The van der Waals surface area contributed by atoms with Crippen LogP contribution in [0.1, 0.15) is 15.2 Å². The summed E-state index contributed by atoms with van der Waals surface area (Å²) in [6.45, 7) is 3.26. The second kappa shape index (κ2) is 5.57. The Morgan fingerprint density at radius 2 is 2.33 bits per heavy atom. The van der Waals surface area contributed by atoms with Crippen LogP contribution < -0.4 is 11.1 Å². The minimum atomic E-state index is -0.119. The van der Waals surface area contributed by atoms with Gasteiger partial charge in [-0.25, -0.2) is 4.98 Å². The number of nitrogen functional groups attached to an aromatic ring is 1. The Labute approximate surface area is 126 Å². The molecule has 0 saturated carbocycles. The van der Waals surface area contributed by atoms with Crippen LogP contribution >= 0.6 is 11.3 Å². The lowest BCUT2D eigenvalue weighted by atomic mass is 10.1. The van der Waals surface area contributed by atoms with Crippen molar-refractivity contribution in [3.63, 3.8) is 0 Å².